The number of rotatable bonds is 7. The van der Waals surface area contributed by atoms with Gasteiger partial charge in [-0.3, -0.25) is 9.69 Å². The van der Waals surface area contributed by atoms with Crippen LogP contribution in [0.15, 0.2) is 18.2 Å². The van der Waals surface area contributed by atoms with E-state index in [1.54, 1.807) is 26.0 Å². The molecule has 20 heavy (non-hydrogen) atoms. The molecule has 0 saturated carbocycles. The number of hydrogen-bond donors (Lipinski definition) is 1. The van der Waals surface area contributed by atoms with Crippen molar-refractivity contribution in [1.82, 2.24) is 4.90 Å². The Morgan fingerprint density at radius 3 is 2.55 bits per heavy atom. The third-order valence-electron chi connectivity index (χ3n) is 3.11. The van der Waals surface area contributed by atoms with Gasteiger partial charge in [0.15, 0.2) is 0 Å². The van der Waals surface area contributed by atoms with Gasteiger partial charge in [0, 0.05) is 20.3 Å². The number of anilines is 1. The molecular formula is C14H20F2N2O2. The smallest absolute Gasteiger partial charge is 0.241 e. The van der Waals surface area contributed by atoms with Crippen LogP contribution in [0.4, 0.5) is 14.5 Å². The third kappa shape index (κ3) is 4.54. The first-order chi connectivity index (χ1) is 9.47. The second-order valence-electron chi connectivity index (χ2n) is 4.59. The van der Waals surface area contributed by atoms with E-state index in [1.165, 1.54) is 6.07 Å². The molecular weight excluding hydrogens is 266 g/mol. The molecule has 0 aromatic heterocycles. The number of halogens is 2. The Bertz CT molecular complexity index is 435. The van der Waals surface area contributed by atoms with Crippen LogP contribution in [0.3, 0.4) is 0 Å². The first kappa shape index (κ1) is 16.5. The highest BCUT2D eigenvalue weighted by Crippen LogP contribution is 2.18. The Kier molecular flexibility index (Phi) is 6.54. The minimum absolute atomic E-state index is 0.408. The Labute approximate surface area is 117 Å². The summed E-state index contributed by atoms with van der Waals surface area (Å²) in [4.78, 5) is 13.8. The molecule has 0 heterocycles. The number of para-hydroxylation sites is 1. The summed E-state index contributed by atoms with van der Waals surface area (Å²) >= 11 is 0. The van der Waals surface area contributed by atoms with Crippen LogP contribution in [0.1, 0.15) is 13.3 Å². The topological polar surface area (TPSA) is 41.6 Å². The number of ether oxygens (including phenoxy) is 1. The number of nitrogens with one attached hydrogen (secondary N) is 1. The number of carbonyl (C=O) groups excluding carboxylic acids is 1. The normalized spacial score (nSPS) is 12.5. The minimum atomic E-state index is -0.785. The fourth-order valence-corrected chi connectivity index (χ4v) is 1.70. The van der Waals surface area contributed by atoms with Crippen molar-refractivity contribution in [3.63, 3.8) is 0 Å². The molecule has 0 saturated heterocycles. The monoisotopic (exact) mass is 286 g/mol. The van der Waals surface area contributed by atoms with Crippen molar-refractivity contribution in [3.8, 4) is 0 Å². The summed E-state index contributed by atoms with van der Waals surface area (Å²) in [5, 5.41) is 2.29. The van der Waals surface area contributed by atoms with Crippen LogP contribution in [0.2, 0.25) is 0 Å². The fourth-order valence-electron chi connectivity index (χ4n) is 1.70. The van der Waals surface area contributed by atoms with Crippen molar-refractivity contribution < 1.29 is 18.3 Å². The van der Waals surface area contributed by atoms with E-state index >= 15 is 0 Å². The molecule has 0 bridgehead atoms. The predicted octanol–water partition coefficient (Wildman–Crippen LogP) is 2.26. The lowest BCUT2D eigenvalue weighted by Gasteiger charge is -2.23. The first-order valence-corrected chi connectivity index (χ1v) is 6.41. The molecule has 0 radical (unpaired) electrons. The van der Waals surface area contributed by atoms with E-state index in [0.29, 0.717) is 13.2 Å². The lowest BCUT2D eigenvalue weighted by Crippen LogP contribution is -2.40. The first-order valence-electron chi connectivity index (χ1n) is 6.41. The van der Waals surface area contributed by atoms with Crippen molar-refractivity contribution in [2.24, 2.45) is 0 Å². The number of nitrogens with zero attached hydrogens (tertiary/aromatic N) is 1. The van der Waals surface area contributed by atoms with Gasteiger partial charge in [-0.2, -0.15) is 0 Å². The summed E-state index contributed by atoms with van der Waals surface area (Å²) in [6.45, 7) is 2.93. The molecule has 1 atom stereocenters. The molecule has 1 unspecified atom stereocenters. The lowest BCUT2D eigenvalue weighted by atomic mass is 10.2. The molecule has 1 N–H and O–H groups in total. The number of likely N-dealkylation sites (N-methyl/N-ethyl adjacent to an activating group) is 1. The molecule has 4 nitrogen and oxygen atoms in total. The maximum absolute atomic E-state index is 13.4. The summed E-state index contributed by atoms with van der Waals surface area (Å²) < 4.78 is 31.8. The van der Waals surface area contributed by atoms with E-state index < -0.39 is 29.3 Å². The van der Waals surface area contributed by atoms with Crippen molar-refractivity contribution in [2.75, 3.05) is 32.6 Å². The summed E-state index contributed by atoms with van der Waals surface area (Å²) in [5.41, 5.74) is -0.408. The Balaban J connectivity index is 2.61. The summed E-state index contributed by atoms with van der Waals surface area (Å²) in [7, 11) is 3.38. The van der Waals surface area contributed by atoms with E-state index in [-0.39, 0.29) is 0 Å². The molecule has 1 aromatic rings. The molecule has 0 aliphatic heterocycles. The highest BCUT2D eigenvalue weighted by atomic mass is 19.1. The van der Waals surface area contributed by atoms with Gasteiger partial charge in [0.2, 0.25) is 5.91 Å². The molecule has 0 fully saturated rings. The zero-order chi connectivity index (χ0) is 15.1. The maximum atomic E-state index is 13.4. The SMILES string of the molecule is COCCCN(C)C(C)C(=O)Nc1c(F)cccc1F. The van der Waals surface area contributed by atoms with Gasteiger partial charge in [-0.1, -0.05) is 6.07 Å². The van der Waals surface area contributed by atoms with Crippen molar-refractivity contribution in [2.45, 2.75) is 19.4 Å². The molecule has 6 heteroatoms. The van der Waals surface area contributed by atoms with Crippen LogP contribution >= 0.6 is 0 Å². The van der Waals surface area contributed by atoms with Gasteiger partial charge in [0.05, 0.1) is 6.04 Å². The molecule has 112 valence electrons. The maximum Gasteiger partial charge on any atom is 0.241 e. The highest BCUT2D eigenvalue weighted by molar-refractivity contribution is 5.94. The fraction of sp³-hybridized carbons (Fsp3) is 0.500. The summed E-state index contributed by atoms with van der Waals surface area (Å²) in [6, 6.07) is 2.96. The number of hydrogen-bond acceptors (Lipinski definition) is 3. The lowest BCUT2D eigenvalue weighted by molar-refractivity contribution is -0.120. The molecule has 0 aliphatic carbocycles. The van der Waals surface area contributed by atoms with Crippen LogP contribution in [-0.2, 0) is 9.53 Å². The van der Waals surface area contributed by atoms with Crippen LogP contribution < -0.4 is 5.32 Å². The standard InChI is InChI=1S/C14H20F2N2O2/c1-10(18(2)8-5-9-20-3)14(19)17-13-11(15)6-4-7-12(13)16/h4,6-7,10H,5,8-9H2,1-3H3,(H,17,19). The Morgan fingerprint density at radius 2 is 2.00 bits per heavy atom. The van der Waals surface area contributed by atoms with Crippen molar-refractivity contribution >= 4 is 11.6 Å². The van der Waals surface area contributed by atoms with Gasteiger partial charge in [-0.05, 0) is 32.5 Å². The van der Waals surface area contributed by atoms with Crippen LogP contribution in [0, 0.1) is 11.6 Å². The summed E-state index contributed by atoms with van der Waals surface area (Å²) in [5.74, 6) is -2.02. The van der Waals surface area contributed by atoms with Gasteiger partial charge >= 0.3 is 0 Å². The average Bonchev–Trinajstić information content (AvgIpc) is 2.42. The Morgan fingerprint density at radius 1 is 1.40 bits per heavy atom. The van der Waals surface area contributed by atoms with E-state index in [2.05, 4.69) is 5.32 Å². The largest absolute Gasteiger partial charge is 0.385 e. The van der Waals surface area contributed by atoms with E-state index in [1.807, 2.05) is 0 Å². The summed E-state index contributed by atoms with van der Waals surface area (Å²) in [6.07, 6.45) is 0.776. The van der Waals surface area contributed by atoms with E-state index in [0.717, 1.165) is 18.6 Å². The zero-order valence-electron chi connectivity index (χ0n) is 12.0. The quantitative estimate of drug-likeness (QED) is 0.782. The third-order valence-corrected chi connectivity index (χ3v) is 3.11. The molecule has 0 aliphatic rings. The van der Waals surface area contributed by atoms with Gasteiger partial charge in [0.25, 0.3) is 0 Å². The molecule has 1 aromatic carbocycles. The van der Waals surface area contributed by atoms with E-state index in [9.17, 15) is 13.6 Å². The Hall–Kier alpha value is -1.53. The zero-order valence-corrected chi connectivity index (χ0v) is 12.0. The average molecular weight is 286 g/mol. The van der Waals surface area contributed by atoms with E-state index in [4.69, 9.17) is 4.74 Å². The minimum Gasteiger partial charge on any atom is -0.385 e. The van der Waals surface area contributed by atoms with Crippen molar-refractivity contribution in [1.29, 1.82) is 0 Å². The van der Waals surface area contributed by atoms with Crippen molar-refractivity contribution in [3.05, 3.63) is 29.8 Å². The number of benzene rings is 1. The molecule has 1 amide bonds. The van der Waals surface area contributed by atoms with Gasteiger partial charge < -0.3 is 10.1 Å². The molecule has 0 spiro atoms. The van der Waals surface area contributed by atoms with Crippen LogP contribution in [0.25, 0.3) is 0 Å². The number of methoxy groups -OCH3 is 1. The highest BCUT2D eigenvalue weighted by Gasteiger charge is 2.20. The van der Waals surface area contributed by atoms with Gasteiger partial charge in [-0.25, -0.2) is 8.78 Å². The second kappa shape index (κ2) is 7.91. The van der Waals surface area contributed by atoms with Gasteiger partial charge in [0.1, 0.15) is 17.3 Å². The van der Waals surface area contributed by atoms with Crippen LogP contribution in [0.5, 0.6) is 0 Å². The number of amides is 1. The predicted molar refractivity (Wildman–Crippen MR) is 73.6 cm³/mol. The van der Waals surface area contributed by atoms with Gasteiger partial charge in [-0.15, -0.1) is 0 Å². The van der Waals surface area contributed by atoms with Crippen LogP contribution in [-0.4, -0.2) is 44.2 Å². The molecule has 1 rings (SSSR count). The number of carbonyl (C=O) groups is 1. The second-order valence-corrected chi connectivity index (χ2v) is 4.59.